The Morgan fingerprint density at radius 2 is 2.11 bits per heavy atom. The highest BCUT2D eigenvalue weighted by molar-refractivity contribution is 5.06. The third-order valence-electron chi connectivity index (χ3n) is 2.93. The fourth-order valence-electron chi connectivity index (χ4n) is 2.13. The van der Waals surface area contributed by atoms with E-state index < -0.39 is 0 Å². The van der Waals surface area contributed by atoms with Crippen LogP contribution in [0.1, 0.15) is 26.2 Å². The summed E-state index contributed by atoms with van der Waals surface area (Å²) in [5.41, 5.74) is 0. The van der Waals surface area contributed by atoms with Crippen LogP contribution in [0.4, 0.5) is 0 Å². The minimum Gasteiger partial charge on any atom is -0.0851 e. The Morgan fingerprint density at radius 1 is 1.22 bits per heavy atom. The lowest BCUT2D eigenvalue weighted by Crippen LogP contribution is -2.14. The zero-order valence-corrected chi connectivity index (χ0v) is 6.01. The molecular weight excluding hydrogens is 108 g/mol. The van der Waals surface area contributed by atoms with Crippen molar-refractivity contribution in [2.75, 3.05) is 0 Å². The monoisotopic (exact) mass is 122 g/mol. The molecule has 0 aliphatic heterocycles. The molecular formula is C9H14. The maximum absolute atomic E-state index is 2.43. The summed E-state index contributed by atoms with van der Waals surface area (Å²) < 4.78 is 0. The second kappa shape index (κ2) is 1.86. The van der Waals surface area contributed by atoms with Gasteiger partial charge in [0.05, 0.1) is 0 Å². The molecule has 2 aliphatic carbocycles. The molecule has 0 aromatic carbocycles. The normalized spacial score (nSPS) is 47.9. The first-order valence-corrected chi connectivity index (χ1v) is 4.04. The first-order chi connectivity index (χ1) is 4.36. The van der Waals surface area contributed by atoms with Crippen molar-refractivity contribution in [2.24, 2.45) is 17.8 Å². The number of hydrogen-bond donors (Lipinski definition) is 0. The fourth-order valence-corrected chi connectivity index (χ4v) is 2.13. The van der Waals surface area contributed by atoms with E-state index in [1.54, 1.807) is 0 Å². The van der Waals surface area contributed by atoms with Crippen molar-refractivity contribution in [2.45, 2.75) is 26.2 Å². The van der Waals surface area contributed by atoms with Gasteiger partial charge in [-0.1, -0.05) is 19.1 Å². The van der Waals surface area contributed by atoms with E-state index in [-0.39, 0.29) is 0 Å². The number of fused-ring (bicyclic) bond motifs is 2. The van der Waals surface area contributed by atoms with Crippen LogP contribution in [-0.2, 0) is 0 Å². The van der Waals surface area contributed by atoms with Crippen LogP contribution in [0.2, 0.25) is 0 Å². The molecule has 0 radical (unpaired) electrons. The third-order valence-corrected chi connectivity index (χ3v) is 2.93. The van der Waals surface area contributed by atoms with Crippen molar-refractivity contribution in [3.05, 3.63) is 12.2 Å². The average molecular weight is 122 g/mol. The van der Waals surface area contributed by atoms with Gasteiger partial charge >= 0.3 is 0 Å². The maximum atomic E-state index is 2.43. The minimum absolute atomic E-state index is 0.948. The van der Waals surface area contributed by atoms with Gasteiger partial charge in [0.25, 0.3) is 0 Å². The Kier molecular flexibility index (Phi) is 1.14. The van der Waals surface area contributed by atoms with Crippen LogP contribution in [0.5, 0.6) is 0 Å². The molecule has 0 heterocycles. The molecule has 2 rings (SSSR count). The summed E-state index contributed by atoms with van der Waals surface area (Å²) in [6.07, 6.45) is 9.23. The Morgan fingerprint density at radius 3 is 2.89 bits per heavy atom. The molecule has 0 nitrogen and oxygen atoms in total. The summed E-state index contributed by atoms with van der Waals surface area (Å²) in [6, 6.07) is 0. The predicted octanol–water partition coefficient (Wildman–Crippen LogP) is 2.61. The quantitative estimate of drug-likeness (QED) is 0.433. The maximum Gasteiger partial charge on any atom is -0.0202 e. The van der Waals surface area contributed by atoms with Gasteiger partial charge in [0, 0.05) is 0 Å². The number of allylic oxidation sites excluding steroid dienone is 2. The van der Waals surface area contributed by atoms with Crippen molar-refractivity contribution in [3.8, 4) is 0 Å². The lowest BCUT2D eigenvalue weighted by molar-refractivity contribution is 0.286. The smallest absolute Gasteiger partial charge is 0.0202 e. The van der Waals surface area contributed by atoms with Crippen molar-refractivity contribution in [1.82, 2.24) is 0 Å². The van der Waals surface area contributed by atoms with Crippen molar-refractivity contribution in [1.29, 1.82) is 0 Å². The van der Waals surface area contributed by atoms with Crippen LogP contribution in [0.25, 0.3) is 0 Å². The lowest BCUT2D eigenvalue weighted by atomic mass is 9.80. The lowest BCUT2D eigenvalue weighted by Gasteiger charge is -2.25. The van der Waals surface area contributed by atoms with Crippen molar-refractivity contribution < 1.29 is 0 Å². The summed E-state index contributed by atoms with van der Waals surface area (Å²) in [7, 11) is 0. The molecule has 0 aromatic heterocycles. The number of rotatable bonds is 0. The molecule has 0 heteroatoms. The van der Waals surface area contributed by atoms with Crippen LogP contribution < -0.4 is 0 Å². The van der Waals surface area contributed by atoms with E-state index >= 15 is 0 Å². The summed E-state index contributed by atoms with van der Waals surface area (Å²) in [5, 5.41) is 0. The summed E-state index contributed by atoms with van der Waals surface area (Å²) in [5.74, 6) is 2.88. The molecule has 3 unspecified atom stereocenters. The van der Waals surface area contributed by atoms with Gasteiger partial charge in [0.1, 0.15) is 0 Å². The van der Waals surface area contributed by atoms with Gasteiger partial charge in [-0.25, -0.2) is 0 Å². The molecule has 3 atom stereocenters. The SMILES string of the molecule is CC1CCC2C=CC1C2. The Labute approximate surface area is 57.0 Å². The molecule has 1 saturated carbocycles. The van der Waals surface area contributed by atoms with E-state index in [2.05, 4.69) is 19.1 Å². The molecule has 0 amide bonds. The molecule has 0 aromatic rings. The largest absolute Gasteiger partial charge is 0.0851 e. The van der Waals surface area contributed by atoms with Crippen LogP contribution in [0, 0.1) is 17.8 Å². The van der Waals surface area contributed by atoms with Crippen LogP contribution in [0.3, 0.4) is 0 Å². The summed E-state index contributed by atoms with van der Waals surface area (Å²) >= 11 is 0. The van der Waals surface area contributed by atoms with Gasteiger partial charge in [-0.2, -0.15) is 0 Å². The van der Waals surface area contributed by atoms with E-state index in [1.165, 1.54) is 19.3 Å². The van der Waals surface area contributed by atoms with Crippen molar-refractivity contribution in [3.63, 3.8) is 0 Å². The Hall–Kier alpha value is -0.260. The molecule has 9 heavy (non-hydrogen) atoms. The van der Waals surface area contributed by atoms with E-state index in [1.807, 2.05) is 0 Å². The summed E-state index contributed by atoms with van der Waals surface area (Å²) in [6.45, 7) is 2.39. The average Bonchev–Trinajstić information content (AvgIpc) is 2.25. The van der Waals surface area contributed by atoms with Gasteiger partial charge in [-0.15, -0.1) is 0 Å². The third kappa shape index (κ3) is 0.810. The molecule has 2 aliphatic rings. The Bertz CT molecular complexity index is 135. The highest BCUT2D eigenvalue weighted by atomic mass is 14.3. The summed E-state index contributed by atoms with van der Waals surface area (Å²) in [4.78, 5) is 0. The first-order valence-electron chi connectivity index (χ1n) is 4.04. The van der Waals surface area contributed by atoms with Gasteiger partial charge in [-0.3, -0.25) is 0 Å². The van der Waals surface area contributed by atoms with E-state index in [9.17, 15) is 0 Å². The minimum atomic E-state index is 0.948. The highest BCUT2D eigenvalue weighted by Crippen LogP contribution is 2.39. The zero-order valence-electron chi connectivity index (χ0n) is 6.01. The second-order valence-electron chi connectivity index (χ2n) is 3.60. The van der Waals surface area contributed by atoms with E-state index in [0.29, 0.717) is 0 Å². The molecule has 50 valence electrons. The van der Waals surface area contributed by atoms with Crippen LogP contribution in [0.15, 0.2) is 12.2 Å². The molecule has 0 spiro atoms. The standard InChI is InChI=1S/C9H14/c1-7-2-3-8-4-5-9(7)6-8/h4-5,7-9H,2-3,6H2,1H3. The van der Waals surface area contributed by atoms with Gasteiger partial charge < -0.3 is 0 Å². The van der Waals surface area contributed by atoms with Gasteiger partial charge in [0.2, 0.25) is 0 Å². The topological polar surface area (TPSA) is 0 Å². The van der Waals surface area contributed by atoms with Crippen LogP contribution in [-0.4, -0.2) is 0 Å². The zero-order chi connectivity index (χ0) is 6.27. The van der Waals surface area contributed by atoms with Gasteiger partial charge in [0.15, 0.2) is 0 Å². The number of hydrogen-bond acceptors (Lipinski definition) is 0. The highest BCUT2D eigenvalue weighted by Gasteiger charge is 2.28. The van der Waals surface area contributed by atoms with Gasteiger partial charge in [-0.05, 0) is 37.0 Å². The van der Waals surface area contributed by atoms with Crippen molar-refractivity contribution >= 4 is 0 Å². The van der Waals surface area contributed by atoms with E-state index in [4.69, 9.17) is 0 Å². The molecule has 1 fully saturated rings. The Balaban J connectivity index is 2.14. The second-order valence-corrected chi connectivity index (χ2v) is 3.60. The fraction of sp³-hybridized carbons (Fsp3) is 0.778. The van der Waals surface area contributed by atoms with E-state index in [0.717, 1.165) is 17.8 Å². The molecule has 0 saturated heterocycles. The van der Waals surface area contributed by atoms with Crippen LogP contribution >= 0.6 is 0 Å². The first kappa shape index (κ1) is 5.52. The predicted molar refractivity (Wildman–Crippen MR) is 39.1 cm³/mol. The molecule has 0 N–H and O–H groups in total. The molecule has 2 bridgehead atoms.